The fourth-order valence-electron chi connectivity index (χ4n) is 1.01. The molecular weight excluding hydrogens is 144 g/mol. The van der Waals surface area contributed by atoms with Gasteiger partial charge in [-0.3, -0.25) is 0 Å². The lowest BCUT2D eigenvalue weighted by molar-refractivity contribution is 1.04. The molecule has 0 N–H and O–H groups in total. The quantitative estimate of drug-likeness (QED) is 0.474. The Morgan fingerprint density at radius 3 is 2.50 bits per heavy atom. The third-order valence-corrected chi connectivity index (χ3v) is 1.66. The van der Waals surface area contributed by atoms with Gasteiger partial charge in [0.15, 0.2) is 0 Å². The van der Waals surface area contributed by atoms with Gasteiger partial charge in [-0.1, -0.05) is 48.6 Å². The van der Waals surface area contributed by atoms with E-state index in [1.165, 1.54) is 0 Å². The lowest BCUT2D eigenvalue weighted by atomic mass is 10.2. The first-order chi connectivity index (χ1) is 6.00. The van der Waals surface area contributed by atoms with Gasteiger partial charge in [-0.15, -0.1) is 0 Å². The molecule has 0 atom stereocenters. The molecule has 1 aliphatic carbocycles. The minimum Gasteiger partial charge on any atom is -0.0879 e. The Kier molecular flexibility index (Phi) is 5.02. The van der Waals surface area contributed by atoms with Crippen molar-refractivity contribution in [3.63, 3.8) is 0 Å². The van der Waals surface area contributed by atoms with E-state index in [-0.39, 0.29) is 0 Å². The van der Waals surface area contributed by atoms with E-state index in [2.05, 4.69) is 55.0 Å². The van der Waals surface area contributed by atoms with E-state index >= 15 is 0 Å². The van der Waals surface area contributed by atoms with Crippen LogP contribution in [0.2, 0.25) is 0 Å². The van der Waals surface area contributed by atoms with Gasteiger partial charge >= 0.3 is 0 Å². The Balaban J connectivity index is 2.41. The summed E-state index contributed by atoms with van der Waals surface area (Å²) < 4.78 is 0. The summed E-state index contributed by atoms with van der Waals surface area (Å²) in [6, 6.07) is 0. The van der Waals surface area contributed by atoms with Crippen LogP contribution in [0.15, 0.2) is 48.6 Å². The summed E-state index contributed by atoms with van der Waals surface area (Å²) in [6.45, 7) is 0. The average molecular weight is 159 g/mol. The molecule has 0 aromatic heterocycles. The fraction of sp³-hybridized carbons (Fsp3) is 0.250. The summed E-state index contributed by atoms with van der Waals surface area (Å²) in [6.07, 6.45) is 22.5. The number of hydrogen-bond donors (Lipinski definition) is 0. The van der Waals surface area contributed by atoms with E-state index in [1.807, 2.05) is 0 Å². The highest BCUT2D eigenvalue weighted by Crippen LogP contribution is 1.98. The minimum atomic E-state index is 1.05. The molecule has 0 amide bonds. The van der Waals surface area contributed by atoms with Crippen molar-refractivity contribution in [2.45, 2.75) is 19.3 Å². The van der Waals surface area contributed by atoms with E-state index in [1.54, 1.807) is 0 Å². The van der Waals surface area contributed by atoms with Crippen molar-refractivity contribution in [1.82, 2.24) is 0 Å². The van der Waals surface area contributed by atoms with Crippen LogP contribution in [-0.2, 0) is 0 Å². The maximum atomic E-state index is 2.24. The fourth-order valence-corrected chi connectivity index (χ4v) is 1.01. The van der Waals surface area contributed by atoms with Crippen molar-refractivity contribution in [2.24, 2.45) is 0 Å². The van der Waals surface area contributed by atoms with Gasteiger partial charge in [-0.2, -0.15) is 0 Å². The summed E-state index contributed by atoms with van der Waals surface area (Å²) in [7, 11) is 0. The molecule has 0 heteroatoms. The van der Waals surface area contributed by atoms with Gasteiger partial charge in [0.25, 0.3) is 0 Å². The molecular formula is C12H15. The SMILES string of the molecule is [CH]1/C=C\C=C\CC/C=C/C/C=C/1. The lowest BCUT2D eigenvalue weighted by Crippen LogP contribution is -1.67. The Bertz CT molecular complexity index is 204. The largest absolute Gasteiger partial charge is 0.0879 e. The first-order valence-corrected chi connectivity index (χ1v) is 4.47. The molecule has 0 spiro atoms. The molecule has 0 unspecified atom stereocenters. The third-order valence-electron chi connectivity index (χ3n) is 1.66. The highest BCUT2D eigenvalue weighted by molar-refractivity contribution is 5.15. The molecule has 0 fully saturated rings. The highest BCUT2D eigenvalue weighted by Gasteiger charge is 1.77. The summed E-state index contributed by atoms with van der Waals surface area (Å²) >= 11 is 0. The standard InChI is InChI=1S/C12H15/c1-2-4-6-8-10-12-11-9-7-5-3-1/h1-7,10,12H,8-9,11H2/b3-1-,6-4+,7-5+,12-10+. The second-order valence-corrected chi connectivity index (χ2v) is 2.72. The van der Waals surface area contributed by atoms with E-state index in [0.717, 1.165) is 19.3 Å². The normalized spacial score (nSPS) is 29.3. The molecule has 0 aliphatic heterocycles. The second-order valence-electron chi connectivity index (χ2n) is 2.72. The van der Waals surface area contributed by atoms with Crippen LogP contribution < -0.4 is 0 Å². The van der Waals surface area contributed by atoms with Crippen LogP contribution in [0, 0.1) is 6.42 Å². The molecule has 0 bridgehead atoms. The van der Waals surface area contributed by atoms with Crippen molar-refractivity contribution in [3.8, 4) is 0 Å². The van der Waals surface area contributed by atoms with Gasteiger partial charge in [-0.05, 0) is 19.3 Å². The predicted molar refractivity (Wildman–Crippen MR) is 54.7 cm³/mol. The molecule has 0 heterocycles. The van der Waals surface area contributed by atoms with Gasteiger partial charge < -0.3 is 0 Å². The van der Waals surface area contributed by atoms with Crippen LogP contribution >= 0.6 is 0 Å². The number of rotatable bonds is 0. The van der Waals surface area contributed by atoms with Crippen molar-refractivity contribution < 1.29 is 0 Å². The molecule has 0 aromatic carbocycles. The van der Waals surface area contributed by atoms with Gasteiger partial charge in [0.1, 0.15) is 0 Å². The topological polar surface area (TPSA) is 0 Å². The summed E-state index contributed by atoms with van der Waals surface area (Å²) in [5.41, 5.74) is 0. The Morgan fingerprint density at radius 1 is 0.583 bits per heavy atom. The summed E-state index contributed by atoms with van der Waals surface area (Å²) in [5.74, 6) is 0. The first-order valence-electron chi connectivity index (χ1n) is 4.47. The molecule has 1 radical (unpaired) electrons. The number of hydrogen-bond acceptors (Lipinski definition) is 0. The van der Waals surface area contributed by atoms with Crippen molar-refractivity contribution in [2.75, 3.05) is 0 Å². The van der Waals surface area contributed by atoms with Crippen LogP contribution in [0.5, 0.6) is 0 Å². The second kappa shape index (κ2) is 6.66. The first kappa shape index (κ1) is 9.05. The van der Waals surface area contributed by atoms with E-state index < -0.39 is 0 Å². The van der Waals surface area contributed by atoms with Crippen molar-refractivity contribution in [1.29, 1.82) is 0 Å². The smallest absolute Gasteiger partial charge is 0.00474 e. The monoisotopic (exact) mass is 159 g/mol. The molecule has 1 rings (SSSR count). The molecule has 1 aliphatic rings. The molecule has 0 saturated heterocycles. The minimum absolute atomic E-state index is 1.05. The molecule has 0 saturated carbocycles. The maximum absolute atomic E-state index is 2.24. The molecule has 12 heavy (non-hydrogen) atoms. The van der Waals surface area contributed by atoms with E-state index in [0.29, 0.717) is 0 Å². The van der Waals surface area contributed by atoms with E-state index in [9.17, 15) is 0 Å². The molecule has 0 aromatic rings. The van der Waals surface area contributed by atoms with Crippen LogP contribution in [0.1, 0.15) is 19.3 Å². The Hall–Kier alpha value is -1.04. The van der Waals surface area contributed by atoms with Crippen molar-refractivity contribution in [3.05, 3.63) is 55.0 Å². The third kappa shape index (κ3) is 4.73. The Morgan fingerprint density at radius 2 is 1.50 bits per heavy atom. The summed E-state index contributed by atoms with van der Waals surface area (Å²) in [5, 5.41) is 0. The molecule has 63 valence electrons. The lowest BCUT2D eigenvalue weighted by Gasteiger charge is -1.87. The summed E-state index contributed by atoms with van der Waals surface area (Å²) in [4.78, 5) is 0. The van der Waals surface area contributed by atoms with Crippen LogP contribution in [0.3, 0.4) is 0 Å². The van der Waals surface area contributed by atoms with Gasteiger partial charge in [-0.25, -0.2) is 0 Å². The molecule has 0 nitrogen and oxygen atoms in total. The Labute approximate surface area is 75.0 Å². The zero-order valence-electron chi connectivity index (χ0n) is 7.32. The average Bonchev–Trinajstić information content (AvgIpc) is 2.05. The van der Waals surface area contributed by atoms with Gasteiger partial charge in [0.05, 0.1) is 0 Å². The predicted octanol–water partition coefficient (Wildman–Crippen LogP) is 3.60. The maximum Gasteiger partial charge on any atom is 0.00474 e. The van der Waals surface area contributed by atoms with Gasteiger partial charge in [0.2, 0.25) is 0 Å². The van der Waals surface area contributed by atoms with Crippen LogP contribution in [0.4, 0.5) is 0 Å². The van der Waals surface area contributed by atoms with Crippen LogP contribution in [-0.4, -0.2) is 0 Å². The van der Waals surface area contributed by atoms with Gasteiger partial charge in [0, 0.05) is 6.42 Å². The zero-order chi connectivity index (χ0) is 8.49. The number of allylic oxidation sites excluding steroid dienone is 8. The van der Waals surface area contributed by atoms with E-state index in [4.69, 9.17) is 0 Å². The van der Waals surface area contributed by atoms with Crippen molar-refractivity contribution >= 4 is 0 Å². The van der Waals surface area contributed by atoms with Crippen LogP contribution in [0.25, 0.3) is 0 Å². The highest BCUT2D eigenvalue weighted by atomic mass is 13.8. The zero-order valence-corrected chi connectivity index (χ0v) is 7.32.